The second-order valence-corrected chi connectivity index (χ2v) is 4.79. The van der Waals surface area contributed by atoms with Crippen LogP contribution in [-0.2, 0) is 11.2 Å². The van der Waals surface area contributed by atoms with E-state index in [0.29, 0.717) is 30.5 Å². The van der Waals surface area contributed by atoms with E-state index < -0.39 is 0 Å². The number of nitrogens with one attached hydrogen (secondary N) is 1. The lowest BCUT2D eigenvalue weighted by Crippen LogP contribution is -2.17. The number of amides is 1. The first kappa shape index (κ1) is 14.2. The number of nitrogens with zero attached hydrogens (tertiary/aromatic N) is 1. The molecule has 0 saturated carbocycles. The fourth-order valence-electron chi connectivity index (χ4n) is 2.16. The lowest BCUT2D eigenvalue weighted by molar-refractivity contribution is -0.115. The van der Waals surface area contributed by atoms with Crippen molar-refractivity contribution in [3.05, 3.63) is 42.1 Å². The second kappa shape index (κ2) is 6.34. The molecule has 1 aliphatic heterocycles. The fourth-order valence-corrected chi connectivity index (χ4v) is 2.16. The third kappa shape index (κ3) is 3.28. The number of fused-ring (bicyclic) bond motifs is 1. The van der Waals surface area contributed by atoms with Crippen molar-refractivity contribution < 1.29 is 19.0 Å². The van der Waals surface area contributed by atoms with Crippen LogP contribution < -0.4 is 19.5 Å². The molecule has 0 unspecified atom stereocenters. The maximum Gasteiger partial charge on any atom is 0.228 e. The van der Waals surface area contributed by atoms with Crippen molar-refractivity contribution in [3.8, 4) is 17.4 Å². The van der Waals surface area contributed by atoms with Gasteiger partial charge in [0.25, 0.3) is 0 Å². The van der Waals surface area contributed by atoms with E-state index in [1.807, 2.05) is 18.2 Å². The van der Waals surface area contributed by atoms with Gasteiger partial charge in [-0.2, -0.15) is 0 Å². The van der Waals surface area contributed by atoms with Crippen molar-refractivity contribution in [3.63, 3.8) is 0 Å². The van der Waals surface area contributed by atoms with Crippen LogP contribution in [0.3, 0.4) is 0 Å². The average molecular weight is 300 g/mol. The van der Waals surface area contributed by atoms with Crippen LogP contribution in [0.5, 0.6) is 17.4 Å². The summed E-state index contributed by atoms with van der Waals surface area (Å²) >= 11 is 0. The molecule has 1 N–H and O–H groups in total. The van der Waals surface area contributed by atoms with Crippen LogP contribution in [0, 0.1) is 0 Å². The van der Waals surface area contributed by atoms with E-state index in [9.17, 15) is 4.79 Å². The molecule has 3 rings (SSSR count). The van der Waals surface area contributed by atoms with Crippen molar-refractivity contribution in [2.75, 3.05) is 25.6 Å². The number of pyridine rings is 1. The number of aromatic nitrogens is 1. The summed E-state index contributed by atoms with van der Waals surface area (Å²) in [6, 6.07) is 8.96. The molecule has 2 heterocycles. The summed E-state index contributed by atoms with van der Waals surface area (Å²) in [6.07, 6.45) is 1.81. The SMILES string of the molecule is COc1ccc(NC(=O)Cc2ccc3c(c2)OCCO3)cn1. The van der Waals surface area contributed by atoms with E-state index in [4.69, 9.17) is 14.2 Å². The smallest absolute Gasteiger partial charge is 0.228 e. The van der Waals surface area contributed by atoms with Gasteiger partial charge in [-0.3, -0.25) is 4.79 Å². The largest absolute Gasteiger partial charge is 0.486 e. The van der Waals surface area contributed by atoms with Crippen LogP contribution in [0.4, 0.5) is 5.69 Å². The Kier molecular flexibility index (Phi) is 4.09. The Morgan fingerprint density at radius 1 is 1.23 bits per heavy atom. The second-order valence-electron chi connectivity index (χ2n) is 4.79. The summed E-state index contributed by atoms with van der Waals surface area (Å²) in [4.78, 5) is 16.1. The van der Waals surface area contributed by atoms with Crippen LogP contribution in [0.2, 0.25) is 0 Å². The molecular formula is C16H16N2O4. The van der Waals surface area contributed by atoms with Crippen molar-refractivity contribution in [1.82, 2.24) is 4.98 Å². The summed E-state index contributed by atoms with van der Waals surface area (Å²) in [7, 11) is 1.54. The molecule has 1 amide bonds. The lowest BCUT2D eigenvalue weighted by atomic mass is 10.1. The minimum Gasteiger partial charge on any atom is -0.486 e. The van der Waals surface area contributed by atoms with Crippen molar-refractivity contribution in [1.29, 1.82) is 0 Å². The Bertz CT molecular complexity index is 670. The quantitative estimate of drug-likeness (QED) is 0.935. The molecule has 22 heavy (non-hydrogen) atoms. The predicted octanol–water partition coefficient (Wildman–Crippen LogP) is 2.04. The Morgan fingerprint density at radius 3 is 2.77 bits per heavy atom. The van der Waals surface area contributed by atoms with Crippen molar-refractivity contribution >= 4 is 11.6 Å². The molecule has 0 radical (unpaired) electrons. The zero-order valence-electron chi connectivity index (χ0n) is 12.2. The first-order valence-electron chi connectivity index (χ1n) is 6.93. The molecule has 0 bridgehead atoms. The number of methoxy groups -OCH3 is 1. The summed E-state index contributed by atoms with van der Waals surface area (Å²) in [5.41, 5.74) is 1.49. The lowest BCUT2D eigenvalue weighted by Gasteiger charge is -2.18. The third-order valence-corrected chi connectivity index (χ3v) is 3.20. The topological polar surface area (TPSA) is 69.7 Å². The molecule has 0 fully saturated rings. The van der Waals surface area contributed by atoms with E-state index in [2.05, 4.69) is 10.3 Å². The van der Waals surface area contributed by atoms with Crippen LogP contribution >= 0.6 is 0 Å². The van der Waals surface area contributed by atoms with Gasteiger partial charge in [-0.05, 0) is 23.8 Å². The highest BCUT2D eigenvalue weighted by atomic mass is 16.6. The van der Waals surface area contributed by atoms with Gasteiger partial charge in [0.2, 0.25) is 11.8 Å². The summed E-state index contributed by atoms with van der Waals surface area (Å²) in [6.45, 7) is 1.08. The van der Waals surface area contributed by atoms with E-state index >= 15 is 0 Å². The highest BCUT2D eigenvalue weighted by molar-refractivity contribution is 5.92. The first-order chi connectivity index (χ1) is 10.7. The molecule has 0 spiro atoms. The number of carbonyl (C=O) groups excluding carboxylic acids is 1. The number of hydrogen-bond acceptors (Lipinski definition) is 5. The fraction of sp³-hybridized carbons (Fsp3) is 0.250. The molecule has 2 aromatic rings. The van der Waals surface area contributed by atoms with Gasteiger partial charge in [-0.25, -0.2) is 4.98 Å². The minimum absolute atomic E-state index is 0.122. The number of rotatable bonds is 4. The van der Waals surface area contributed by atoms with E-state index in [1.165, 1.54) is 0 Å². The summed E-state index contributed by atoms with van der Waals surface area (Å²) in [5, 5.41) is 2.79. The normalized spacial score (nSPS) is 12.6. The minimum atomic E-state index is -0.122. The molecule has 1 aliphatic rings. The Morgan fingerprint density at radius 2 is 2.05 bits per heavy atom. The number of benzene rings is 1. The maximum atomic E-state index is 12.1. The highest BCUT2D eigenvalue weighted by Crippen LogP contribution is 2.30. The summed E-state index contributed by atoms with van der Waals surface area (Å²) in [5.74, 6) is 1.78. The number of hydrogen-bond donors (Lipinski definition) is 1. The van der Waals surface area contributed by atoms with Crippen LogP contribution in [-0.4, -0.2) is 31.2 Å². The van der Waals surface area contributed by atoms with Gasteiger partial charge < -0.3 is 19.5 Å². The molecule has 0 aliphatic carbocycles. The van der Waals surface area contributed by atoms with Gasteiger partial charge in [0.15, 0.2) is 11.5 Å². The maximum absolute atomic E-state index is 12.1. The molecule has 1 aromatic carbocycles. The first-order valence-corrected chi connectivity index (χ1v) is 6.93. The zero-order valence-corrected chi connectivity index (χ0v) is 12.2. The van der Waals surface area contributed by atoms with E-state index in [0.717, 1.165) is 11.3 Å². The molecule has 0 saturated heterocycles. The molecule has 1 aromatic heterocycles. The monoisotopic (exact) mass is 300 g/mol. The van der Waals surface area contributed by atoms with Crippen molar-refractivity contribution in [2.45, 2.75) is 6.42 Å². The number of carbonyl (C=O) groups is 1. The molecular weight excluding hydrogens is 284 g/mol. The Hall–Kier alpha value is -2.76. The van der Waals surface area contributed by atoms with Crippen LogP contribution in [0.25, 0.3) is 0 Å². The van der Waals surface area contributed by atoms with Gasteiger partial charge in [0.05, 0.1) is 25.4 Å². The number of ether oxygens (including phenoxy) is 3. The average Bonchev–Trinajstić information content (AvgIpc) is 2.55. The highest BCUT2D eigenvalue weighted by Gasteiger charge is 2.13. The molecule has 6 heteroatoms. The Labute approximate surface area is 128 Å². The van der Waals surface area contributed by atoms with Gasteiger partial charge in [0.1, 0.15) is 13.2 Å². The predicted molar refractivity (Wildman–Crippen MR) is 80.6 cm³/mol. The third-order valence-electron chi connectivity index (χ3n) is 3.20. The number of anilines is 1. The standard InChI is InChI=1S/C16H16N2O4/c1-20-16-5-3-12(10-17-16)18-15(19)9-11-2-4-13-14(8-11)22-7-6-21-13/h2-5,8,10H,6-7,9H2,1H3,(H,18,19). The Balaban J connectivity index is 1.63. The molecule has 6 nitrogen and oxygen atoms in total. The zero-order chi connectivity index (χ0) is 15.4. The van der Waals surface area contributed by atoms with E-state index in [1.54, 1.807) is 25.4 Å². The van der Waals surface area contributed by atoms with Gasteiger partial charge in [-0.1, -0.05) is 6.07 Å². The molecule has 0 atom stereocenters. The van der Waals surface area contributed by atoms with E-state index in [-0.39, 0.29) is 12.3 Å². The van der Waals surface area contributed by atoms with Crippen LogP contribution in [0.1, 0.15) is 5.56 Å². The van der Waals surface area contributed by atoms with Crippen LogP contribution in [0.15, 0.2) is 36.5 Å². The summed E-state index contributed by atoms with van der Waals surface area (Å²) < 4.78 is 15.9. The molecule has 114 valence electrons. The van der Waals surface area contributed by atoms with Crippen molar-refractivity contribution in [2.24, 2.45) is 0 Å². The van der Waals surface area contributed by atoms with Gasteiger partial charge >= 0.3 is 0 Å². The van der Waals surface area contributed by atoms with Gasteiger partial charge in [0, 0.05) is 6.07 Å². The van der Waals surface area contributed by atoms with Gasteiger partial charge in [-0.15, -0.1) is 0 Å².